The summed E-state index contributed by atoms with van der Waals surface area (Å²) < 4.78 is 30.1. The third kappa shape index (κ3) is 4.08. The van der Waals surface area contributed by atoms with Gasteiger partial charge in [-0.15, -0.1) is 0 Å². The van der Waals surface area contributed by atoms with Crippen LogP contribution in [0.3, 0.4) is 0 Å². The molecular formula is C22H20BrN5O2S. The number of nitrogens with zero attached hydrogens (tertiary/aromatic N) is 3. The first-order valence-electron chi connectivity index (χ1n) is 9.91. The average molecular weight is 498 g/mol. The summed E-state index contributed by atoms with van der Waals surface area (Å²) in [6.07, 6.45) is 1.80. The van der Waals surface area contributed by atoms with Gasteiger partial charge in [0.25, 0.3) is 0 Å². The van der Waals surface area contributed by atoms with E-state index in [1.165, 1.54) is 0 Å². The van der Waals surface area contributed by atoms with Crippen molar-refractivity contribution in [1.82, 2.24) is 19.3 Å². The molecule has 9 heteroatoms. The Morgan fingerprint density at radius 2 is 1.77 bits per heavy atom. The number of rotatable bonds is 6. The van der Waals surface area contributed by atoms with Crippen LogP contribution in [-0.4, -0.2) is 29.1 Å². The Bertz CT molecular complexity index is 1360. The molecule has 1 aliphatic rings. The maximum absolute atomic E-state index is 12.4. The molecule has 0 aliphatic heterocycles. The van der Waals surface area contributed by atoms with Crippen LogP contribution in [0.25, 0.3) is 16.9 Å². The Hall–Kier alpha value is -2.75. The van der Waals surface area contributed by atoms with Gasteiger partial charge in [-0.3, -0.25) is 0 Å². The standard InChI is InChI=1S/C22H20BrN5O2S/c1-14-21(23)22-25-19(15-5-3-2-4-6-15)13-20(28(22)26-14)24-16-9-11-18(12-10-16)31(29,30)27-17-7-8-17/h2-6,9-13,17,24,27H,7-8H2,1H3. The van der Waals surface area contributed by atoms with Crippen molar-refractivity contribution in [2.75, 3.05) is 5.32 Å². The van der Waals surface area contributed by atoms with Crippen molar-refractivity contribution in [2.45, 2.75) is 30.7 Å². The van der Waals surface area contributed by atoms with Crippen molar-refractivity contribution in [2.24, 2.45) is 0 Å². The minimum absolute atomic E-state index is 0.0748. The fourth-order valence-corrected chi connectivity index (χ4v) is 4.94. The minimum Gasteiger partial charge on any atom is -0.340 e. The topological polar surface area (TPSA) is 88.4 Å². The zero-order valence-corrected chi connectivity index (χ0v) is 19.1. The molecule has 0 saturated heterocycles. The Morgan fingerprint density at radius 3 is 2.45 bits per heavy atom. The van der Waals surface area contributed by atoms with Crippen LogP contribution in [0.4, 0.5) is 11.5 Å². The van der Waals surface area contributed by atoms with Crippen LogP contribution in [0.5, 0.6) is 0 Å². The van der Waals surface area contributed by atoms with E-state index in [-0.39, 0.29) is 10.9 Å². The summed E-state index contributed by atoms with van der Waals surface area (Å²) in [4.78, 5) is 5.03. The number of anilines is 2. The van der Waals surface area contributed by atoms with Gasteiger partial charge in [-0.05, 0) is 60.0 Å². The second-order valence-electron chi connectivity index (χ2n) is 7.57. The fourth-order valence-electron chi connectivity index (χ4n) is 3.30. The number of halogens is 1. The molecule has 1 aliphatic carbocycles. The molecule has 1 fully saturated rings. The smallest absolute Gasteiger partial charge is 0.240 e. The number of benzene rings is 2. The summed E-state index contributed by atoms with van der Waals surface area (Å²) in [6, 6.07) is 18.6. The lowest BCUT2D eigenvalue weighted by Gasteiger charge is -2.12. The number of nitrogens with one attached hydrogen (secondary N) is 2. The summed E-state index contributed by atoms with van der Waals surface area (Å²) in [5.41, 5.74) is 4.08. The van der Waals surface area contributed by atoms with Gasteiger partial charge in [0.2, 0.25) is 10.0 Å². The van der Waals surface area contributed by atoms with Crippen LogP contribution in [0.2, 0.25) is 0 Å². The van der Waals surface area contributed by atoms with E-state index in [4.69, 9.17) is 4.98 Å². The Morgan fingerprint density at radius 1 is 1.06 bits per heavy atom. The molecule has 1 saturated carbocycles. The molecule has 0 bridgehead atoms. The maximum atomic E-state index is 12.4. The van der Waals surface area contributed by atoms with E-state index in [9.17, 15) is 8.42 Å². The Balaban J connectivity index is 1.51. The van der Waals surface area contributed by atoms with Gasteiger partial charge >= 0.3 is 0 Å². The molecule has 0 unspecified atom stereocenters. The predicted octanol–water partition coefficient (Wildman–Crippen LogP) is 4.65. The van der Waals surface area contributed by atoms with Crippen LogP contribution < -0.4 is 10.0 Å². The highest BCUT2D eigenvalue weighted by Gasteiger charge is 2.27. The van der Waals surface area contributed by atoms with Crippen LogP contribution in [-0.2, 0) is 10.0 Å². The lowest BCUT2D eigenvalue weighted by molar-refractivity contribution is 0.581. The van der Waals surface area contributed by atoms with E-state index < -0.39 is 10.0 Å². The van der Waals surface area contributed by atoms with Gasteiger partial charge in [-0.25, -0.2) is 18.1 Å². The molecule has 2 aromatic carbocycles. The first-order chi connectivity index (χ1) is 14.9. The predicted molar refractivity (Wildman–Crippen MR) is 124 cm³/mol. The summed E-state index contributed by atoms with van der Waals surface area (Å²) in [5, 5.41) is 7.93. The van der Waals surface area contributed by atoms with E-state index in [1.54, 1.807) is 28.8 Å². The number of hydrogen-bond acceptors (Lipinski definition) is 5. The summed E-state index contributed by atoms with van der Waals surface area (Å²) in [6.45, 7) is 1.91. The van der Waals surface area contributed by atoms with Crippen molar-refractivity contribution in [3.8, 4) is 11.3 Å². The molecule has 2 N–H and O–H groups in total. The Kier molecular flexibility index (Phi) is 5.04. The lowest BCUT2D eigenvalue weighted by atomic mass is 10.1. The number of aryl methyl sites for hydroxylation is 1. The van der Waals surface area contributed by atoms with Gasteiger partial charge in [0.05, 0.1) is 20.8 Å². The molecule has 0 atom stereocenters. The van der Waals surface area contributed by atoms with Gasteiger partial charge < -0.3 is 5.32 Å². The highest BCUT2D eigenvalue weighted by atomic mass is 79.9. The minimum atomic E-state index is -3.48. The van der Waals surface area contributed by atoms with E-state index in [2.05, 4.69) is 31.1 Å². The van der Waals surface area contributed by atoms with E-state index >= 15 is 0 Å². The maximum Gasteiger partial charge on any atom is 0.240 e. The monoisotopic (exact) mass is 497 g/mol. The number of fused-ring (bicyclic) bond motifs is 1. The largest absolute Gasteiger partial charge is 0.340 e. The molecule has 5 rings (SSSR count). The van der Waals surface area contributed by atoms with Crippen LogP contribution >= 0.6 is 15.9 Å². The van der Waals surface area contributed by atoms with E-state index in [0.717, 1.165) is 45.8 Å². The fraction of sp³-hybridized carbons (Fsp3) is 0.182. The van der Waals surface area contributed by atoms with Gasteiger partial charge in [-0.2, -0.15) is 9.61 Å². The van der Waals surface area contributed by atoms with Crippen molar-refractivity contribution >= 4 is 43.1 Å². The average Bonchev–Trinajstić information content (AvgIpc) is 3.53. The van der Waals surface area contributed by atoms with Crippen LogP contribution in [0, 0.1) is 6.92 Å². The van der Waals surface area contributed by atoms with Gasteiger partial charge in [0.15, 0.2) is 5.65 Å². The molecule has 4 aromatic rings. The third-order valence-corrected chi connectivity index (χ3v) is 7.56. The van der Waals surface area contributed by atoms with Crippen molar-refractivity contribution in [3.63, 3.8) is 0 Å². The molecule has 0 radical (unpaired) electrons. The molecule has 2 heterocycles. The number of hydrogen-bond donors (Lipinski definition) is 2. The summed E-state index contributed by atoms with van der Waals surface area (Å²) >= 11 is 3.59. The van der Waals surface area contributed by atoms with Gasteiger partial charge in [0, 0.05) is 23.4 Å². The second-order valence-corrected chi connectivity index (χ2v) is 10.1. The lowest BCUT2D eigenvalue weighted by Crippen LogP contribution is -2.25. The first kappa shape index (κ1) is 20.2. The van der Waals surface area contributed by atoms with Gasteiger partial charge in [0.1, 0.15) is 5.82 Å². The zero-order chi connectivity index (χ0) is 21.6. The Labute approximate surface area is 188 Å². The molecule has 0 amide bonds. The van der Waals surface area contributed by atoms with Crippen molar-refractivity contribution < 1.29 is 8.42 Å². The first-order valence-corrected chi connectivity index (χ1v) is 12.2. The normalized spacial score (nSPS) is 14.1. The van der Waals surface area contributed by atoms with E-state index in [1.807, 2.05) is 43.3 Å². The summed E-state index contributed by atoms with van der Waals surface area (Å²) in [5.74, 6) is 0.726. The highest BCUT2D eigenvalue weighted by Crippen LogP contribution is 2.30. The quantitative estimate of drug-likeness (QED) is 0.404. The van der Waals surface area contributed by atoms with Crippen molar-refractivity contribution in [3.05, 3.63) is 70.8 Å². The third-order valence-electron chi connectivity index (χ3n) is 5.10. The number of sulfonamides is 1. The summed E-state index contributed by atoms with van der Waals surface area (Å²) in [7, 11) is -3.48. The van der Waals surface area contributed by atoms with Crippen LogP contribution in [0.15, 0.2) is 70.0 Å². The van der Waals surface area contributed by atoms with Crippen LogP contribution in [0.1, 0.15) is 18.5 Å². The number of aromatic nitrogens is 3. The molecule has 7 nitrogen and oxygen atoms in total. The molecule has 2 aromatic heterocycles. The van der Waals surface area contributed by atoms with Gasteiger partial charge in [-0.1, -0.05) is 30.3 Å². The molecular weight excluding hydrogens is 478 g/mol. The zero-order valence-electron chi connectivity index (χ0n) is 16.7. The van der Waals surface area contributed by atoms with E-state index in [0.29, 0.717) is 5.65 Å². The SMILES string of the molecule is Cc1nn2c(Nc3ccc(S(=O)(=O)NC4CC4)cc3)cc(-c3ccccc3)nc2c1Br. The molecule has 31 heavy (non-hydrogen) atoms. The highest BCUT2D eigenvalue weighted by molar-refractivity contribution is 9.10. The second kappa shape index (κ2) is 7.74. The molecule has 0 spiro atoms. The van der Waals surface area contributed by atoms with Crippen molar-refractivity contribution in [1.29, 1.82) is 0 Å². The molecule has 158 valence electrons.